The van der Waals surface area contributed by atoms with Gasteiger partial charge in [-0.15, -0.1) is 5.10 Å². The summed E-state index contributed by atoms with van der Waals surface area (Å²) < 4.78 is 44.8. The molecule has 5 nitrogen and oxygen atoms in total. The second-order valence-electron chi connectivity index (χ2n) is 7.52. The quantitative estimate of drug-likeness (QED) is 0.667. The van der Waals surface area contributed by atoms with Crippen LogP contribution in [0.1, 0.15) is 22.4 Å². The van der Waals surface area contributed by atoms with E-state index in [1.807, 2.05) is 13.0 Å². The van der Waals surface area contributed by atoms with E-state index in [1.54, 1.807) is 13.0 Å². The first-order chi connectivity index (χ1) is 14.3. The average molecular weight is 416 g/mol. The topological polar surface area (TPSA) is 50.3 Å². The minimum Gasteiger partial charge on any atom is -0.378 e. The highest BCUT2D eigenvalue weighted by atomic mass is 19.4. The Morgan fingerprint density at radius 3 is 2.50 bits per heavy atom. The minimum atomic E-state index is -4.37. The van der Waals surface area contributed by atoms with Gasteiger partial charge in [0.05, 0.1) is 24.5 Å². The number of alkyl halides is 3. The fourth-order valence-corrected chi connectivity index (χ4v) is 3.74. The molecule has 0 saturated carbocycles. The Hall–Kier alpha value is -2.87. The van der Waals surface area contributed by atoms with Gasteiger partial charge in [0.2, 0.25) is 0 Å². The van der Waals surface area contributed by atoms with Crippen LogP contribution in [0, 0.1) is 13.8 Å². The second-order valence-corrected chi connectivity index (χ2v) is 7.52. The molecule has 0 radical (unpaired) electrons. The van der Waals surface area contributed by atoms with E-state index in [2.05, 4.69) is 32.5 Å². The number of fused-ring (bicyclic) bond motifs is 1. The van der Waals surface area contributed by atoms with E-state index < -0.39 is 11.7 Å². The maximum absolute atomic E-state index is 13.1. The summed E-state index contributed by atoms with van der Waals surface area (Å²) in [4.78, 5) is 2.25. The number of anilines is 2. The van der Waals surface area contributed by atoms with Gasteiger partial charge in [0.15, 0.2) is 5.82 Å². The van der Waals surface area contributed by atoms with E-state index in [0.717, 1.165) is 41.3 Å². The first-order valence-electron chi connectivity index (χ1n) is 9.82. The Labute approximate surface area is 172 Å². The number of nitrogens with zero attached hydrogens (tertiary/aromatic N) is 3. The zero-order valence-corrected chi connectivity index (χ0v) is 16.9. The van der Waals surface area contributed by atoms with Gasteiger partial charge in [0.1, 0.15) is 0 Å². The number of aromatic nitrogens is 2. The highest BCUT2D eigenvalue weighted by Gasteiger charge is 2.30. The molecule has 0 bridgehead atoms. The van der Waals surface area contributed by atoms with Crippen molar-refractivity contribution in [2.24, 2.45) is 0 Å². The van der Waals surface area contributed by atoms with Crippen LogP contribution in [0.2, 0.25) is 0 Å². The van der Waals surface area contributed by atoms with Gasteiger partial charge in [-0.3, -0.25) is 0 Å². The maximum Gasteiger partial charge on any atom is 0.416 e. The summed E-state index contributed by atoms with van der Waals surface area (Å²) in [5, 5.41) is 13.5. The molecule has 1 N–H and O–H groups in total. The van der Waals surface area contributed by atoms with Gasteiger partial charge < -0.3 is 15.0 Å². The van der Waals surface area contributed by atoms with Crippen LogP contribution < -0.4 is 10.2 Å². The van der Waals surface area contributed by atoms with Crippen molar-refractivity contribution in [3.63, 3.8) is 0 Å². The van der Waals surface area contributed by atoms with Crippen LogP contribution in [0.4, 0.5) is 24.7 Å². The molecule has 1 aromatic heterocycles. The summed E-state index contributed by atoms with van der Waals surface area (Å²) in [5.41, 5.74) is 2.34. The van der Waals surface area contributed by atoms with Crippen molar-refractivity contribution in [2.75, 3.05) is 36.5 Å². The van der Waals surface area contributed by atoms with E-state index in [-0.39, 0.29) is 6.54 Å². The number of nitrogens with one attached hydrogen (secondary N) is 1. The van der Waals surface area contributed by atoms with Crippen molar-refractivity contribution in [1.29, 1.82) is 0 Å². The van der Waals surface area contributed by atoms with Crippen LogP contribution in [0.5, 0.6) is 0 Å². The third-order valence-corrected chi connectivity index (χ3v) is 5.25. The molecule has 3 aromatic rings. The Morgan fingerprint density at radius 1 is 1.00 bits per heavy atom. The highest BCUT2D eigenvalue weighted by Crippen LogP contribution is 2.32. The molecule has 0 aliphatic carbocycles. The molecule has 0 atom stereocenters. The van der Waals surface area contributed by atoms with Crippen molar-refractivity contribution >= 4 is 22.3 Å². The lowest BCUT2D eigenvalue weighted by atomic mass is 10.1. The summed E-state index contributed by atoms with van der Waals surface area (Å²) in [6, 6.07) is 10.2. The minimum absolute atomic E-state index is 0.222. The SMILES string of the molecule is Cc1cc(CNc2nnc(C)c3ccc(N4CCOCC4)cc23)cc(C(F)(F)F)c1. The molecular formula is C22H23F3N4O. The van der Waals surface area contributed by atoms with Crippen LogP contribution in [-0.4, -0.2) is 36.5 Å². The summed E-state index contributed by atoms with van der Waals surface area (Å²) in [5.74, 6) is 0.556. The largest absolute Gasteiger partial charge is 0.416 e. The van der Waals surface area contributed by atoms with Gasteiger partial charge in [-0.25, -0.2) is 0 Å². The van der Waals surface area contributed by atoms with Crippen LogP contribution in [0.15, 0.2) is 36.4 Å². The molecule has 1 saturated heterocycles. The summed E-state index contributed by atoms with van der Waals surface area (Å²) in [6.07, 6.45) is -4.37. The third-order valence-electron chi connectivity index (χ3n) is 5.25. The molecule has 0 spiro atoms. The molecule has 1 aliphatic rings. The fraction of sp³-hybridized carbons (Fsp3) is 0.364. The van der Waals surface area contributed by atoms with Gasteiger partial charge in [0, 0.05) is 36.1 Å². The van der Waals surface area contributed by atoms with Crippen molar-refractivity contribution in [3.8, 4) is 0 Å². The molecule has 30 heavy (non-hydrogen) atoms. The summed E-state index contributed by atoms with van der Waals surface area (Å²) in [6.45, 7) is 6.78. The molecular weight excluding hydrogens is 393 g/mol. The lowest BCUT2D eigenvalue weighted by Crippen LogP contribution is -2.36. The molecule has 8 heteroatoms. The van der Waals surface area contributed by atoms with Crippen molar-refractivity contribution in [1.82, 2.24) is 10.2 Å². The zero-order chi connectivity index (χ0) is 21.3. The van der Waals surface area contributed by atoms with Crippen LogP contribution in [0.25, 0.3) is 10.8 Å². The van der Waals surface area contributed by atoms with Gasteiger partial charge in [-0.05, 0) is 43.7 Å². The van der Waals surface area contributed by atoms with E-state index in [0.29, 0.717) is 30.2 Å². The van der Waals surface area contributed by atoms with Crippen molar-refractivity contribution in [2.45, 2.75) is 26.6 Å². The van der Waals surface area contributed by atoms with Crippen LogP contribution in [0.3, 0.4) is 0 Å². The number of aryl methyl sites for hydroxylation is 2. The lowest BCUT2D eigenvalue weighted by Gasteiger charge is -2.29. The molecule has 0 amide bonds. The molecule has 2 heterocycles. The number of ether oxygens (including phenoxy) is 1. The predicted molar refractivity (Wildman–Crippen MR) is 111 cm³/mol. The molecule has 158 valence electrons. The first-order valence-corrected chi connectivity index (χ1v) is 9.82. The standard InChI is InChI=1S/C22H23F3N4O/c1-14-9-16(11-17(10-14)22(23,24)25)13-26-21-20-12-18(29-5-7-30-8-6-29)3-4-19(20)15(2)27-28-21/h3-4,9-12H,5-8,13H2,1-2H3,(H,26,28). The fourth-order valence-electron chi connectivity index (χ4n) is 3.74. The number of rotatable bonds is 4. The van der Waals surface area contributed by atoms with Gasteiger partial charge in [-0.1, -0.05) is 17.7 Å². The molecule has 2 aromatic carbocycles. The summed E-state index contributed by atoms with van der Waals surface area (Å²) in [7, 11) is 0. The number of halogens is 3. The van der Waals surface area contributed by atoms with Crippen LogP contribution in [-0.2, 0) is 17.5 Å². The summed E-state index contributed by atoms with van der Waals surface area (Å²) >= 11 is 0. The Balaban J connectivity index is 1.64. The van der Waals surface area contributed by atoms with E-state index in [9.17, 15) is 13.2 Å². The zero-order valence-electron chi connectivity index (χ0n) is 16.9. The second kappa shape index (κ2) is 8.10. The number of morpholine rings is 1. The Bertz CT molecular complexity index is 1060. The Morgan fingerprint density at radius 2 is 1.77 bits per heavy atom. The van der Waals surface area contributed by atoms with E-state index >= 15 is 0 Å². The lowest BCUT2D eigenvalue weighted by molar-refractivity contribution is -0.137. The van der Waals surface area contributed by atoms with E-state index in [1.165, 1.54) is 6.07 Å². The molecule has 1 aliphatic heterocycles. The third kappa shape index (κ3) is 4.33. The smallest absolute Gasteiger partial charge is 0.378 e. The van der Waals surface area contributed by atoms with Crippen molar-refractivity contribution < 1.29 is 17.9 Å². The molecule has 4 rings (SSSR count). The highest BCUT2D eigenvalue weighted by molar-refractivity contribution is 5.95. The first kappa shape index (κ1) is 20.4. The normalized spacial score (nSPS) is 14.9. The van der Waals surface area contributed by atoms with Gasteiger partial charge >= 0.3 is 6.18 Å². The monoisotopic (exact) mass is 416 g/mol. The van der Waals surface area contributed by atoms with Gasteiger partial charge in [-0.2, -0.15) is 18.3 Å². The number of hydrogen-bond donors (Lipinski definition) is 1. The molecule has 0 unspecified atom stereocenters. The Kier molecular flexibility index (Phi) is 5.51. The maximum atomic E-state index is 13.1. The number of benzene rings is 2. The molecule has 1 fully saturated rings. The van der Waals surface area contributed by atoms with Crippen molar-refractivity contribution in [3.05, 3.63) is 58.8 Å². The predicted octanol–water partition coefficient (Wildman–Crippen LogP) is 4.71. The average Bonchev–Trinajstić information content (AvgIpc) is 2.73. The van der Waals surface area contributed by atoms with E-state index in [4.69, 9.17) is 4.74 Å². The number of hydrogen-bond acceptors (Lipinski definition) is 5. The van der Waals surface area contributed by atoms with Gasteiger partial charge in [0.25, 0.3) is 0 Å². The van der Waals surface area contributed by atoms with Crippen LogP contribution >= 0.6 is 0 Å².